The maximum absolute atomic E-state index is 15.6. The van der Waals surface area contributed by atoms with Crippen LogP contribution in [-0.2, 0) is 27.2 Å². The summed E-state index contributed by atoms with van der Waals surface area (Å²) >= 11 is 8.06. The number of amides is 1. The van der Waals surface area contributed by atoms with Crippen LogP contribution >= 0.6 is 22.9 Å². The number of thiophene rings is 1. The molecule has 2 fully saturated rings. The third kappa shape index (κ3) is 6.05. The Morgan fingerprint density at radius 2 is 2.05 bits per heavy atom. The molecule has 5 heterocycles. The zero-order valence-electron chi connectivity index (χ0n) is 23.9. The van der Waals surface area contributed by atoms with Crippen molar-refractivity contribution in [2.75, 3.05) is 31.1 Å². The summed E-state index contributed by atoms with van der Waals surface area (Å²) in [6.45, 7) is 8.62. The van der Waals surface area contributed by atoms with Crippen LogP contribution in [0.15, 0.2) is 24.4 Å². The molecule has 0 radical (unpaired) electrons. The average Bonchev–Trinajstić information content (AvgIpc) is 3.56. The predicted molar refractivity (Wildman–Crippen MR) is 160 cm³/mol. The van der Waals surface area contributed by atoms with Crippen molar-refractivity contribution in [3.05, 3.63) is 45.7 Å². The minimum atomic E-state index is -0.535. The van der Waals surface area contributed by atoms with Crippen LogP contribution in [-0.4, -0.2) is 60.2 Å². The number of hydrogen-bond donors (Lipinski definition) is 0. The van der Waals surface area contributed by atoms with Crippen LogP contribution in [0.5, 0.6) is 0 Å². The fourth-order valence-corrected chi connectivity index (χ4v) is 7.45. The number of halogens is 2. The molecule has 0 spiro atoms. The first-order valence-corrected chi connectivity index (χ1v) is 15.7. The molecule has 10 heteroatoms. The van der Waals surface area contributed by atoms with Crippen molar-refractivity contribution in [3.8, 4) is 11.1 Å². The van der Waals surface area contributed by atoms with E-state index in [4.69, 9.17) is 25.8 Å². The van der Waals surface area contributed by atoms with Crippen LogP contribution < -0.4 is 4.90 Å². The average molecular weight is 602 g/mol. The van der Waals surface area contributed by atoms with Crippen molar-refractivity contribution in [1.29, 1.82) is 0 Å². The minimum absolute atomic E-state index is 0.151. The molecule has 6 rings (SSSR count). The normalized spacial score (nSPS) is 21.4. The van der Waals surface area contributed by atoms with Crippen LogP contribution in [0.2, 0.25) is 5.02 Å². The van der Waals surface area contributed by atoms with Crippen molar-refractivity contribution >= 4 is 44.9 Å². The van der Waals surface area contributed by atoms with Gasteiger partial charge in [-0.3, -0.25) is 4.98 Å². The minimum Gasteiger partial charge on any atom is -0.444 e. The number of fused-ring (bicyclic) bond motifs is 2. The summed E-state index contributed by atoms with van der Waals surface area (Å²) in [5.74, 6) is -0.334. The maximum atomic E-state index is 15.6. The Morgan fingerprint density at radius 1 is 1.20 bits per heavy atom. The highest BCUT2D eigenvalue weighted by atomic mass is 35.5. The monoisotopic (exact) mass is 601 g/mol. The molecule has 3 aliphatic rings. The SMILES string of the molecule is CC(C)(C)OC(=O)N1CCC(N2CCCc3cc(Cl)cc(-c4ccnc5c(F)c(COC6CCCCO6)sc45)c32)C1. The summed E-state index contributed by atoms with van der Waals surface area (Å²) in [5.41, 5.74) is 3.99. The topological polar surface area (TPSA) is 64.1 Å². The molecule has 2 unspecified atom stereocenters. The highest BCUT2D eigenvalue weighted by Gasteiger charge is 2.36. The number of ether oxygens (including phenoxy) is 3. The highest BCUT2D eigenvalue weighted by Crippen LogP contribution is 2.45. The van der Waals surface area contributed by atoms with Crippen LogP contribution in [0, 0.1) is 5.82 Å². The van der Waals surface area contributed by atoms with Crippen molar-refractivity contribution < 1.29 is 23.4 Å². The van der Waals surface area contributed by atoms with Gasteiger partial charge in [-0.1, -0.05) is 11.6 Å². The van der Waals surface area contributed by atoms with E-state index >= 15 is 4.39 Å². The molecular weight excluding hydrogens is 565 g/mol. The lowest BCUT2D eigenvalue weighted by atomic mass is 9.92. The van der Waals surface area contributed by atoms with Crippen LogP contribution in [0.4, 0.5) is 14.9 Å². The molecule has 41 heavy (non-hydrogen) atoms. The van der Waals surface area contributed by atoms with Gasteiger partial charge in [0.15, 0.2) is 12.1 Å². The Balaban J connectivity index is 1.33. The molecule has 3 aliphatic heterocycles. The summed E-state index contributed by atoms with van der Waals surface area (Å²) in [4.78, 5) is 22.0. The summed E-state index contributed by atoms with van der Waals surface area (Å²) in [5, 5.41) is 0.655. The van der Waals surface area contributed by atoms with E-state index in [1.165, 1.54) is 16.9 Å². The van der Waals surface area contributed by atoms with Gasteiger partial charge in [-0.25, -0.2) is 9.18 Å². The molecule has 3 aromatic rings. The van der Waals surface area contributed by atoms with E-state index in [1.807, 2.05) is 39.0 Å². The summed E-state index contributed by atoms with van der Waals surface area (Å²) in [7, 11) is 0. The van der Waals surface area contributed by atoms with Gasteiger partial charge in [0.25, 0.3) is 0 Å². The number of rotatable bonds is 5. The van der Waals surface area contributed by atoms with Crippen molar-refractivity contribution in [1.82, 2.24) is 9.88 Å². The number of benzene rings is 1. The number of carbonyl (C=O) groups is 1. The van der Waals surface area contributed by atoms with Crippen molar-refractivity contribution in [2.24, 2.45) is 0 Å². The second-order valence-electron chi connectivity index (χ2n) is 12.1. The first-order valence-electron chi connectivity index (χ1n) is 14.5. The van der Waals surface area contributed by atoms with E-state index in [2.05, 4.69) is 9.88 Å². The lowest BCUT2D eigenvalue weighted by Gasteiger charge is -2.38. The number of likely N-dealkylation sites (tertiary alicyclic amines) is 1. The lowest BCUT2D eigenvalue weighted by molar-refractivity contribution is -0.168. The molecule has 1 aromatic carbocycles. The van der Waals surface area contributed by atoms with E-state index in [9.17, 15) is 4.79 Å². The zero-order valence-corrected chi connectivity index (χ0v) is 25.5. The highest BCUT2D eigenvalue weighted by molar-refractivity contribution is 7.19. The molecule has 2 aromatic heterocycles. The first kappa shape index (κ1) is 28.6. The van der Waals surface area contributed by atoms with Crippen LogP contribution in [0.25, 0.3) is 21.3 Å². The number of aromatic nitrogens is 1. The molecule has 220 valence electrons. The van der Waals surface area contributed by atoms with Gasteiger partial charge in [0, 0.05) is 60.3 Å². The lowest BCUT2D eigenvalue weighted by Crippen LogP contribution is -2.43. The third-order valence-electron chi connectivity index (χ3n) is 7.95. The number of aryl methyl sites for hydroxylation is 1. The molecule has 1 amide bonds. The number of pyridine rings is 1. The van der Waals surface area contributed by atoms with Gasteiger partial charge in [-0.2, -0.15) is 0 Å². The molecule has 2 saturated heterocycles. The van der Waals surface area contributed by atoms with E-state index in [0.717, 1.165) is 66.6 Å². The van der Waals surface area contributed by atoms with Crippen LogP contribution in [0.3, 0.4) is 0 Å². The quantitative estimate of drug-likeness (QED) is 0.301. The summed E-state index contributed by atoms with van der Waals surface area (Å²) in [6, 6.07) is 6.13. The zero-order chi connectivity index (χ0) is 28.7. The van der Waals surface area contributed by atoms with Gasteiger partial charge in [0.05, 0.1) is 16.2 Å². The third-order valence-corrected chi connectivity index (χ3v) is 9.33. The number of anilines is 1. The Bertz CT molecular complexity index is 1430. The van der Waals surface area contributed by atoms with Gasteiger partial charge in [-0.05, 0) is 83.1 Å². The van der Waals surface area contributed by atoms with Gasteiger partial charge < -0.3 is 24.0 Å². The van der Waals surface area contributed by atoms with E-state index < -0.39 is 5.60 Å². The predicted octanol–water partition coefficient (Wildman–Crippen LogP) is 7.56. The Kier molecular flexibility index (Phi) is 8.15. The molecule has 7 nitrogen and oxygen atoms in total. The Hall–Kier alpha value is -2.46. The fourth-order valence-electron chi connectivity index (χ4n) is 6.12. The molecule has 0 bridgehead atoms. The second kappa shape index (κ2) is 11.7. The summed E-state index contributed by atoms with van der Waals surface area (Å²) < 4.78 is 33.6. The number of hydrogen-bond acceptors (Lipinski definition) is 7. The summed E-state index contributed by atoms with van der Waals surface area (Å²) in [6.07, 6.45) is 6.78. The smallest absolute Gasteiger partial charge is 0.410 e. The first-order chi connectivity index (χ1) is 19.7. The Morgan fingerprint density at radius 3 is 2.83 bits per heavy atom. The van der Waals surface area contributed by atoms with E-state index in [0.29, 0.717) is 35.1 Å². The fraction of sp³-hybridized carbons (Fsp3) is 0.548. The molecular formula is C31H37ClFN3O4S. The number of nitrogens with zero attached hydrogens (tertiary/aromatic N) is 3. The second-order valence-corrected chi connectivity index (χ2v) is 13.7. The standard InChI is InChI=1S/C31H37ClFN3O4S/c1-31(2,3)40-30(37)35-13-10-21(17-35)36-12-6-7-19-15-20(32)16-23(28(19)36)22-9-11-34-27-26(33)24(41-29(22)27)18-39-25-8-4-5-14-38-25/h9,11,15-16,21,25H,4-8,10,12-14,17-18H2,1-3H3. The van der Waals surface area contributed by atoms with Gasteiger partial charge in [0.1, 0.15) is 11.1 Å². The largest absolute Gasteiger partial charge is 0.444 e. The van der Waals surface area contributed by atoms with Gasteiger partial charge >= 0.3 is 6.09 Å². The van der Waals surface area contributed by atoms with Crippen LogP contribution in [0.1, 0.15) is 63.3 Å². The molecule has 0 N–H and O–H groups in total. The van der Waals surface area contributed by atoms with Crippen molar-refractivity contribution in [3.63, 3.8) is 0 Å². The maximum Gasteiger partial charge on any atom is 0.410 e. The van der Waals surface area contributed by atoms with E-state index in [-0.39, 0.29) is 30.8 Å². The number of carbonyl (C=O) groups excluding carboxylic acids is 1. The molecule has 2 atom stereocenters. The molecule has 0 saturated carbocycles. The van der Waals surface area contributed by atoms with Crippen molar-refractivity contribution in [2.45, 2.75) is 83.8 Å². The van der Waals surface area contributed by atoms with E-state index in [1.54, 1.807) is 11.1 Å². The Labute approximate surface area is 249 Å². The van der Waals surface area contributed by atoms with Gasteiger partial charge in [-0.15, -0.1) is 11.3 Å². The molecule has 0 aliphatic carbocycles. The van der Waals surface area contributed by atoms with Gasteiger partial charge in [0.2, 0.25) is 0 Å².